The van der Waals surface area contributed by atoms with Crippen molar-refractivity contribution in [3.05, 3.63) is 72.6 Å². The van der Waals surface area contributed by atoms with Crippen molar-refractivity contribution in [2.24, 2.45) is 18.4 Å². The number of carbonyl (C=O) groups excluding carboxylic acids is 4. The lowest BCUT2D eigenvalue weighted by Crippen LogP contribution is -2.52. The first-order valence-corrected chi connectivity index (χ1v) is 21.3. The number of ketones is 1. The Labute approximate surface area is 337 Å². The zero-order chi connectivity index (χ0) is 41.7. The molecular weight excluding hydrogens is 794 g/mol. The van der Waals surface area contributed by atoms with E-state index in [1.165, 1.54) is 27.8 Å². The van der Waals surface area contributed by atoms with Crippen molar-refractivity contribution in [1.29, 1.82) is 0 Å². The van der Waals surface area contributed by atoms with Crippen molar-refractivity contribution < 1.29 is 50.2 Å². The summed E-state index contributed by atoms with van der Waals surface area (Å²) in [6.07, 6.45) is 3.34. The van der Waals surface area contributed by atoms with E-state index in [9.17, 15) is 40.8 Å². The van der Waals surface area contributed by atoms with Gasteiger partial charge in [-0.25, -0.2) is 13.4 Å². The number of para-hydroxylation sites is 1. The Morgan fingerprint density at radius 2 is 1.78 bits per heavy atom. The van der Waals surface area contributed by atoms with Gasteiger partial charge in [-0.1, -0.05) is 43.2 Å². The third kappa shape index (κ3) is 8.63. The van der Waals surface area contributed by atoms with Crippen LogP contribution in [0.4, 0.5) is 13.2 Å². The first-order chi connectivity index (χ1) is 28.1. The fraction of sp³-hybridized carbons (Fsp3) is 0.463. The molecule has 4 heterocycles. The monoisotopic (exact) mass is 836 g/mol. The van der Waals surface area contributed by atoms with Crippen molar-refractivity contribution in [2.75, 3.05) is 6.54 Å². The van der Waals surface area contributed by atoms with Crippen LogP contribution in [0.15, 0.2) is 66.9 Å². The molecule has 1 saturated heterocycles. The zero-order valence-corrected chi connectivity index (χ0v) is 32.9. The summed E-state index contributed by atoms with van der Waals surface area (Å²) in [4.78, 5) is 62.6. The summed E-state index contributed by atoms with van der Waals surface area (Å²) in [6.45, 7) is -0.130. The number of fused-ring (bicyclic) bond motifs is 5. The smallest absolute Gasteiger partial charge is 0.472 e. The number of allylic oxidation sites excluding steroid dienone is 2. The van der Waals surface area contributed by atoms with Gasteiger partial charge in [-0.05, 0) is 74.8 Å². The summed E-state index contributed by atoms with van der Waals surface area (Å²) >= 11 is 0. The number of ether oxygens (including phenoxy) is 2. The highest BCUT2D eigenvalue weighted by Gasteiger charge is 2.61. The van der Waals surface area contributed by atoms with Gasteiger partial charge in [-0.15, -0.1) is 13.2 Å². The number of nitrogens with zero attached hydrogens (tertiary/aromatic N) is 4. The fourth-order valence-electron chi connectivity index (χ4n) is 8.30. The molecule has 2 aliphatic carbocycles. The van der Waals surface area contributed by atoms with E-state index in [1.54, 1.807) is 37.5 Å². The third-order valence-electron chi connectivity index (χ3n) is 11.6. The van der Waals surface area contributed by atoms with E-state index in [-0.39, 0.29) is 43.8 Å². The van der Waals surface area contributed by atoms with Gasteiger partial charge in [0.25, 0.3) is 5.91 Å². The molecule has 312 valence electrons. The van der Waals surface area contributed by atoms with E-state index in [1.807, 2.05) is 12.2 Å². The SMILES string of the molecule is Cn1ccc(C(=O)N[C@H]2CCCCC/C=C\[C@@H]3C[C@@]3(C(=O)NS(=O)(=O)C3CC3)CC(=O)[C@@H]3C[C@@H](Oc4nc5ccccc5c5cc(OC(F)(F)F)ccc45)CN3C2=O)n1. The van der Waals surface area contributed by atoms with Crippen LogP contribution in [0.3, 0.4) is 0 Å². The maximum Gasteiger partial charge on any atom is 0.573 e. The average molecular weight is 837 g/mol. The van der Waals surface area contributed by atoms with Crippen molar-refractivity contribution in [1.82, 2.24) is 29.7 Å². The molecule has 14 nitrogen and oxygen atoms in total. The molecule has 3 amide bonds. The second kappa shape index (κ2) is 15.6. The first-order valence-electron chi connectivity index (χ1n) is 19.7. The van der Waals surface area contributed by atoms with Crippen molar-refractivity contribution >= 4 is 55.2 Å². The molecule has 2 N–H and O–H groups in total. The van der Waals surface area contributed by atoms with Crippen LogP contribution in [0.25, 0.3) is 21.7 Å². The maximum absolute atomic E-state index is 14.7. The molecule has 8 rings (SSSR count). The number of Topliss-reactive ketones (excluding diaryl/α,β-unsaturated/α-hetero) is 1. The van der Waals surface area contributed by atoms with Crippen LogP contribution in [-0.2, 0) is 31.5 Å². The van der Waals surface area contributed by atoms with Crippen molar-refractivity contribution in [3.63, 3.8) is 0 Å². The minimum atomic E-state index is -4.93. The van der Waals surface area contributed by atoms with Gasteiger partial charge in [0.2, 0.25) is 27.7 Å². The number of amides is 3. The molecule has 18 heteroatoms. The van der Waals surface area contributed by atoms with Gasteiger partial charge in [0.1, 0.15) is 23.6 Å². The van der Waals surface area contributed by atoms with Crippen LogP contribution in [0.2, 0.25) is 0 Å². The molecule has 0 unspecified atom stereocenters. The molecule has 2 saturated carbocycles. The summed E-state index contributed by atoms with van der Waals surface area (Å²) in [5, 5.41) is 7.61. The Morgan fingerprint density at radius 1 is 0.983 bits per heavy atom. The number of aryl methyl sites for hydroxylation is 1. The van der Waals surface area contributed by atoms with E-state index in [0.29, 0.717) is 53.8 Å². The summed E-state index contributed by atoms with van der Waals surface area (Å²) in [7, 11) is -2.27. The summed E-state index contributed by atoms with van der Waals surface area (Å²) in [5.41, 5.74) is -0.829. The van der Waals surface area contributed by atoms with E-state index >= 15 is 0 Å². The number of aromatic nitrogens is 3. The highest BCUT2D eigenvalue weighted by Crippen LogP contribution is 2.57. The van der Waals surface area contributed by atoms with Crippen LogP contribution in [0.1, 0.15) is 74.7 Å². The van der Waals surface area contributed by atoms with Crippen LogP contribution in [0, 0.1) is 11.3 Å². The molecular formula is C41H43F3N6O8S. The van der Waals surface area contributed by atoms with E-state index < -0.39 is 80.4 Å². The number of hydrogen-bond acceptors (Lipinski definition) is 10. The second-order valence-corrected chi connectivity index (χ2v) is 17.9. The summed E-state index contributed by atoms with van der Waals surface area (Å²) in [6, 6.07) is 9.93. The second-order valence-electron chi connectivity index (χ2n) is 15.9. The standard InChI is InChI=1S/C41H43F3N6O8S/c1-49-18-17-32(47-49)36(52)45-33-12-6-4-2-3-5-9-24-21-40(24,39(54)48-59(55,56)27-14-15-27)22-35(51)34-20-26(23-50(34)38(33)53)57-37-29-16-13-25(58-41(42,43)44)19-30(29)28-10-7-8-11-31(28)46-37/h5,7-11,13,16-19,24,26-27,33-34H,2-4,6,12,14-15,20-23H2,1H3,(H,45,52)(H,48,54)/b9-5-/t24-,26-,33+,34+,40-/m1/s1. The number of pyridine rings is 1. The number of halogens is 3. The number of carbonyl (C=O) groups is 4. The Morgan fingerprint density at radius 3 is 2.53 bits per heavy atom. The van der Waals surface area contributed by atoms with Crippen LogP contribution in [0.5, 0.6) is 11.6 Å². The molecule has 0 spiro atoms. The highest BCUT2D eigenvalue weighted by atomic mass is 32.2. The molecule has 4 aliphatic rings. The van der Waals surface area contributed by atoms with Gasteiger partial charge in [0, 0.05) is 42.2 Å². The molecule has 59 heavy (non-hydrogen) atoms. The van der Waals surface area contributed by atoms with E-state index in [0.717, 1.165) is 12.5 Å². The van der Waals surface area contributed by atoms with E-state index in [4.69, 9.17) is 4.74 Å². The molecule has 2 aliphatic heterocycles. The fourth-order valence-corrected chi connectivity index (χ4v) is 9.69. The topological polar surface area (TPSA) is 179 Å². The minimum absolute atomic E-state index is 0.0463. The Hall–Kier alpha value is -5.52. The normalized spacial score (nSPS) is 26.0. The van der Waals surface area contributed by atoms with Gasteiger partial charge in [-0.2, -0.15) is 5.10 Å². The lowest BCUT2D eigenvalue weighted by molar-refractivity contribution is -0.274. The number of alkyl halides is 3. The lowest BCUT2D eigenvalue weighted by atomic mass is 9.91. The van der Waals surface area contributed by atoms with Gasteiger partial charge in [-0.3, -0.25) is 28.6 Å². The Balaban J connectivity index is 1.13. The quantitative estimate of drug-likeness (QED) is 0.176. The largest absolute Gasteiger partial charge is 0.573 e. The minimum Gasteiger partial charge on any atom is -0.472 e. The predicted octanol–water partition coefficient (Wildman–Crippen LogP) is 5.26. The molecule has 5 atom stereocenters. The first kappa shape index (κ1) is 40.3. The number of sulfonamides is 1. The Bertz CT molecular complexity index is 2470. The molecule has 4 aromatic rings. The number of hydrogen-bond donors (Lipinski definition) is 2. The predicted molar refractivity (Wildman–Crippen MR) is 207 cm³/mol. The van der Waals surface area contributed by atoms with Gasteiger partial charge >= 0.3 is 6.36 Å². The van der Waals surface area contributed by atoms with Crippen LogP contribution >= 0.6 is 0 Å². The highest BCUT2D eigenvalue weighted by molar-refractivity contribution is 7.90. The lowest BCUT2D eigenvalue weighted by Gasteiger charge is -2.29. The van der Waals surface area contributed by atoms with Crippen molar-refractivity contribution in [3.8, 4) is 11.6 Å². The van der Waals surface area contributed by atoms with Crippen LogP contribution < -0.4 is 19.5 Å². The average Bonchev–Trinajstić information content (AvgIpc) is 4.07. The zero-order valence-electron chi connectivity index (χ0n) is 32.1. The summed E-state index contributed by atoms with van der Waals surface area (Å²) in [5.74, 6) is -3.12. The number of rotatable bonds is 8. The van der Waals surface area contributed by atoms with E-state index in [2.05, 4.69) is 24.9 Å². The van der Waals surface area contributed by atoms with Crippen molar-refractivity contribution in [2.45, 2.75) is 94.0 Å². The third-order valence-corrected chi connectivity index (χ3v) is 13.4. The number of nitrogens with one attached hydrogen (secondary N) is 2. The van der Waals surface area contributed by atoms with Crippen LogP contribution in [-0.4, -0.2) is 87.9 Å². The molecule has 3 fully saturated rings. The molecule has 0 bridgehead atoms. The summed E-state index contributed by atoms with van der Waals surface area (Å²) < 4.78 is 79.8. The molecule has 0 radical (unpaired) electrons. The molecule has 2 aromatic carbocycles. The maximum atomic E-state index is 14.7. The Kier molecular flexibility index (Phi) is 10.6. The van der Waals surface area contributed by atoms with Gasteiger partial charge in [0.15, 0.2) is 5.78 Å². The van der Waals surface area contributed by atoms with Gasteiger partial charge < -0.3 is 19.7 Å². The molecule has 2 aromatic heterocycles. The number of benzene rings is 2. The van der Waals surface area contributed by atoms with Gasteiger partial charge in [0.05, 0.1) is 28.8 Å².